The first kappa shape index (κ1) is 44.6. The lowest BCUT2D eigenvalue weighted by Crippen LogP contribution is -2.50. The van der Waals surface area contributed by atoms with E-state index < -0.39 is 47.9 Å². The summed E-state index contributed by atoms with van der Waals surface area (Å²) in [6.45, 7) is 12.0. The number of likely N-dealkylation sites (tertiary alicyclic amines) is 1. The van der Waals surface area contributed by atoms with Crippen LogP contribution >= 0.6 is 11.3 Å². The van der Waals surface area contributed by atoms with Crippen molar-refractivity contribution >= 4 is 48.7 Å². The fourth-order valence-corrected chi connectivity index (χ4v) is 8.10. The molecule has 1 aliphatic heterocycles. The monoisotopic (exact) mass is 766 g/mol. The maximum absolute atomic E-state index is 14.6. The number of phenols is 1. The molecule has 1 saturated heterocycles. The van der Waals surface area contributed by atoms with E-state index in [1.165, 1.54) is 19.1 Å². The molecule has 2 heterocycles. The molecule has 7 atom stereocenters. The Kier molecular flexibility index (Phi) is 17.6. The van der Waals surface area contributed by atoms with E-state index in [0.29, 0.717) is 11.4 Å². The number of ether oxygens (including phenoxy) is 1. The molecule has 0 spiro atoms. The van der Waals surface area contributed by atoms with Crippen molar-refractivity contribution in [2.75, 3.05) is 20.1 Å². The number of likely N-dealkylation sites (N-methyl/N-ethyl adjacent to an activating group) is 1. The predicted molar refractivity (Wildman–Crippen MR) is 209 cm³/mol. The molecule has 1 aliphatic rings. The van der Waals surface area contributed by atoms with Crippen LogP contribution in [0.1, 0.15) is 114 Å². The summed E-state index contributed by atoms with van der Waals surface area (Å²) in [4.78, 5) is 74.3. The Morgan fingerprint density at radius 3 is 2.35 bits per heavy atom. The van der Waals surface area contributed by atoms with Crippen LogP contribution in [0.25, 0.3) is 0 Å². The van der Waals surface area contributed by atoms with Gasteiger partial charge in [-0.15, -0.1) is 11.3 Å². The highest BCUT2D eigenvalue weighted by Gasteiger charge is 2.39. The maximum atomic E-state index is 14.6. The second-order valence-electron chi connectivity index (χ2n) is 15.2. The van der Waals surface area contributed by atoms with Crippen molar-refractivity contribution in [1.82, 2.24) is 20.1 Å². The maximum Gasteiger partial charge on any atom is 0.306 e. The van der Waals surface area contributed by atoms with Gasteiger partial charge in [0.2, 0.25) is 5.91 Å². The highest BCUT2D eigenvalue weighted by Crippen LogP contribution is 2.33. The number of esters is 1. The number of rotatable bonds is 21. The van der Waals surface area contributed by atoms with Crippen molar-refractivity contribution in [3.8, 4) is 5.75 Å². The Morgan fingerprint density at radius 2 is 1.78 bits per heavy atom. The third kappa shape index (κ3) is 12.9. The summed E-state index contributed by atoms with van der Waals surface area (Å²) in [6.07, 6.45) is 3.71. The molecular formula is C40H59BN4O8S. The van der Waals surface area contributed by atoms with Gasteiger partial charge in [0, 0.05) is 49.7 Å². The van der Waals surface area contributed by atoms with Crippen LogP contribution in [-0.4, -0.2) is 101 Å². The highest BCUT2D eigenvalue weighted by atomic mass is 32.1. The summed E-state index contributed by atoms with van der Waals surface area (Å²) >= 11 is 1.16. The zero-order chi connectivity index (χ0) is 40.1. The molecule has 1 aromatic heterocycles. The number of hydrogen-bond acceptors (Lipinski definition) is 10. The lowest BCUT2D eigenvalue weighted by atomic mass is 9.82. The fourth-order valence-electron chi connectivity index (χ4n) is 7.26. The third-order valence-corrected chi connectivity index (χ3v) is 11.6. The number of benzene rings is 1. The van der Waals surface area contributed by atoms with E-state index in [4.69, 9.17) is 12.6 Å². The number of Topliss-reactive ketones (excluding diaryl/α,β-unsaturated/α-hetero) is 1. The Balaban J connectivity index is 1.88. The van der Waals surface area contributed by atoms with Crippen molar-refractivity contribution < 1.29 is 38.9 Å². The standard InChI is InChI=1S/C40H59BN4O8S/c1-8-25(4)31(21-35(48)33-11-9-10-17-44(33)7)39(50)45(18-16-41)34(24(2)3)22-36(53-27(6)46)38-43-32(23-54-38)37(49)42-29(19-26(5)40(51)52)20-28-12-14-30(47)15-13-28/h12-15,23-26,29,31,33-34,36,47H,8-11,16-22H2,1-7H3,(H,42,49)(H,51,52)/t25?,26-,29+,31-,33+,34+,36+/m0/s1. The van der Waals surface area contributed by atoms with Gasteiger partial charge in [-0.05, 0) is 68.8 Å². The summed E-state index contributed by atoms with van der Waals surface area (Å²) in [7, 11) is 8.07. The second-order valence-corrected chi connectivity index (χ2v) is 16.1. The third-order valence-electron chi connectivity index (χ3n) is 10.6. The first-order valence-corrected chi connectivity index (χ1v) is 20.1. The summed E-state index contributed by atoms with van der Waals surface area (Å²) in [5, 5.41) is 24.1. The molecule has 2 aromatic rings. The van der Waals surface area contributed by atoms with Crippen LogP contribution in [0.5, 0.6) is 5.75 Å². The van der Waals surface area contributed by atoms with Gasteiger partial charge in [-0.25, -0.2) is 4.98 Å². The lowest BCUT2D eigenvalue weighted by Gasteiger charge is -2.40. The zero-order valence-corrected chi connectivity index (χ0v) is 33.8. The van der Waals surface area contributed by atoms with Crippen LogP contribution in [0.3, 0.4) is 0 Å². The number of nitrogens with zero attached hydrogens (tertiary/aromatic N) is 3. The van der Waals surface area contributed by atoms with E-state index in [1.807, 2.05) is 34.7 Å². The number of ketones is 1. The molecule has 54 heavy (non-hydrogen) atoms. The van der Waals surface area contributed by atoms with Gasteiger partial charge in [0.25, 0.3) is 5.91 Å². The number of aromatic nitrogens is 1. The number of nitrogens with one attached hydrogen (secondary N) is 1. The predicted octanol–water partition coefficient (Wildman–Crippen LogP) is 5.84. The number of aromatic hydroxyl groups is 1. The van der Waals surface area contributed by atoms with E-state index in [-0.39, 0.29) is 73.1 Å². The van der Waals surface area contributed by atoms with Gasteiger partial charge >= 0.3 is 11.9 Å². The fraction of sp³-hybridized carbons (Fsp3) is 0.650. The number of amides is 2. The Hall–Kier alpha value is -3.78. The molecule has 1 fully saturated rings. The minimum atomic E-state index is -0.985. The normalized spacial score (nSPS) is 18.2. The minimum absolute atomic E-state index is 0.0518. The number of carboxylic acids is 1. The summed E-state index contributed by atoms with van der Waals surface area (Å²) in [6, 6.07) is 5.31. The summed E-state index contributed by atoms with van der Waals surface area (Å²) in [5.74, 6) is -3.41. The van der Waals surface area contributed by atoms with Crippen LogP contribution in [0.2, 0.25) is 6.32 Å². The van der Waals surface area contributed by atoms with Gasteiger partial charge in [0.15, 0.2) is 11.9 Å². The van der Waals surface area contributed by atoms with Gasteiger partial charge in [0.1, 0.15) is 16.5 Å². The number of aliphatic carboxylic acids is 1. The Morgan fingerprint density at radius 1 is 1.09 bits per heavy atom. The Labute approximate surface area is 325 Å². The number of carboxylic acid groups (broad SMARTS) is 1. The largest absolute Gasteiger partial charge is 0.508 e. The van der Waals surface area contributed by atoms with Gasteiger partial charge in [0.05, 0.1) is 19.8 Å². The molecule has 2 radical (unpaired) electrons. The van der Waals surface area contributed by atoms with Crippen molar-refractivity contribution in [2.24, 2.45) is 23.7 Å². The van der Waals surface area contributed by atoms with Gasteiger partial charge < -0.3 is 25.2 Å². The molecule has 3 N–H and O–H groups in total. The molecule has 296 valence electrons. The summed E-state index contributed by atoms with van der Waals surface area (Å²) in [5.41, 5.74) is 0.895. The van der Waals surface area contributed by atoms with Crippen molar-refractivity contribution in [3.63, 3.8) is 0 Å². The molecule has 12 nitrogen and oxygen atoms in total. The molecule has 3 rings (SSSR count). The van der Waals surface area contributed by atoms with Gasteiger partial charge in [-0.3, -0.25) is 28.9 Å². The van der Waals surface area contributed by atoms with Crippen LogP contribution in [-0.2, 0) is 30.3 Å². The van der Waals surface area contributed by atoms with E-state index >= 15 is 0 Å². The molecule has 0 aliphatic carbocycles. The summed E-state index contributed by atoms with van der Waals surface area (Å²) < 4.78 is 5.81. The first-order chi connectivity index (χ1) is 25.6. The number of carbonyl (C=O) groups excluding carboxylic acids is 4. The quantitative estimate of drug-likeness (QED) is 0.104. The molecule has 0 saturated carbocycles. The zero-order valence-electron chi connectivity index (χ0n) is 33.0. The number of hydrogen-bond donors (Lipinski definition) is 3. The van der Waals surface area contributed by atoms with E-state index in [9.17, 15) is 34.2 Å². The average Bonchev–Trinajstić information content (AvgIpc) is 3.62. The first-order valence-electron chi connectivity index (χ1n) is 19.2. The van der Waals surface area contributed by atoms with Crippen molar-refractivity contribution in [1.29, 1.82) is 0 Å². The molecule has 1 unspecified atom stereocenters. The molecule has 1 aromatic carbocycles. The van der Waals surface area contributed by atoms with Crippen molar-refractivity contribution in [2.45, 2.75) is 123 Å². The van der Waals surface area contributed by atoms with Gasteiger partial charge in [-0.2, -0.15) is 0 Å². The molecule has 0 bridgehead atoms. The van der Waals surface area contributed by atoms with Crippen LogP contribution in [0.15, 0.2) is 29.6 Å². The number of thiazole rings is 1. The minimum Gasteiger partial charge on any atom is -0.508 e. The number of piperidine rings is 1. The van der Waals surface area contributed by atoms with E-state index in [1.54, 1.807) is 29.3 Å². The molecular weight excluding hydrogens is 707 g/mol. The second kappa shape index (κ2) is 21.4. The lowest BCUT2D eigenvalue weighted by molar-refractivity contribution is -0.150. The SMILES string of the molecule is [B]CCN(C(=O)[C@@H](CC(=O)[C@H]1CCCCN1C)C(C)CC)[C@H](C[C@@H](OC(C)=O)c1nc(C(=O)N[C@@H](Cc2ccc(O)cc2)C[C@H](C)C(=O)O)cs1)C(C)C. The average molecular weight is 767 g/mol. The van der Waals surface area contributed by atoms with E-state index in [2.05, 4.69) is 15.2 Å². The number of phenolic OH excluding ortho intramolecular Hbond substituents is 1. The highest BCUT2D eigenvalue weighted by molar-refractivity contribution is 7.09. The van der Waals surface area contributed by atoms with Gasteiger partial charge in [-0.1, -0.05) is 65.9 Å². The van der Waals surface area contributed by atoms with E-state index in [0.717, 1.165) is 49.1 Å². The van der Waals surface area contributed by atoms with Crippen LogP contribution in [0.4, 0.5) is 0 Å². The smallest absolute Gasteiger partial charge is 0.306 e. The van der Waals surface area contributed by atoms with Crippen LogP contribution in [0, 0.1) is 23.7 Å². The number of carbonyl (C=O) groups is 5. The molecule has 14 heteroatoms. The van der Waals surface area contributed by atoms with Crippen LogP contribution < -0.4 is 5.32 Å². The topological polar surface area (TPSA) is 166 Å². The Bertz CT molecular complexity index is 1550. The van der Waals surface area contributed by atoms with Crippen molar-refractivity contribution in [3.05, 3.63) is 45.9 Å². The molecule has 2 amide bonds.